The van der Waals surface area contributed by atoms with E-state index in [9.17, 15) is 14.0 Å². The Morgan fingerprint density at radius 2 is 1.93 bits per heavy atom. The van der Waals surface area contributed by atoms with Crippen molar-refractivity contribution < 1.29 is 9.18 Å². The van der Waals surface area contributed by atoms with Crippen molar-refractivity contribution in [3.05, 3.63) is 64.7 Å². The van der Waals surface area contributed by atoms with Gasteiger partial charge in [-0.25, -0.2) is 9.37 Å². The summed E-state index contributed by atoms with van der Waals surface area (Å²) in [5.74, 6) is -0.491. The number of fused-ring (bicyclic) bond motifs is 1. The first-order valence-electron chi connectivity index (χ1n) is 9.23. The molecule has 0 aliphatic rings. The standard InChI is InChI=1S/C21H22FN3O2S/c1-3-4-13-23-19(26)14(2)28-21-24-18-8-6-5-7-17(18)20(27)25(21)16-11-9-15(22)10-12-16/h5-12,14H,3-4,13H2,1-2H3,(H,23,26). The molecule has 1 aromatic heterocycles. The first-order valence-corrected chi connectivity index (χ1v) is 10.1. The summed E-state index contributed by atoms with van der Waals surface area (Å²) in [7, 11) is 0. The maximum atomic E-state index is 13.4. The van der Waals surface area contributed by atoms with Gasteiger partial charge in [-0.3, -0.25) is 14.2 Å². The highest BCUT2D eigenvalue weighted by Gasteiger charge is 2.20. The molecule has 0 saturated carbocycles. The Bertz CT molecular complexity index is 1030. The number of para-hydroxylation sites is 1. The van der Waals surface area contributed by atoms with Crippen LogP contribution in [0.15, 0.2) is 58.5 Å². The van der Waals surface area contributed by atoms with E-state index in [2.05, 4.69) is 17.2 Å². The summed E-state index contributed by atoms with van der Waals surface area (Å²) < 4.78 is 14.8. The van der Waals surface area contributed by atoms with Gasteiger partial charge in [-0.05, 0) is 49.7 Å². The van der Waals surface area contributed by atoms with Gasteiger partial charge in [0.15, 0.2) is 5.16 Å². The molecular formula is C21H22FN3O2S. The van der Waals surface area contributed by atoms with Gasteiger partial charge >= 0.3 is 0 Å². The number of thioether (sulfide) groups is 1. The minimum Gasteiger partial charge on any atom is -0.355 e. The Hall–Kier alpha value is -2.67. The predicted octanol–water partition coefficient (Wildman–Crippen LogP) is 3.92. The van der Waals surface area contributed by atoms with Gasteiger partial charge in [0.25, 0.3) is 5.56 Å². The van der Waals surface area contributed by atoms with Crippen LogP contribution in [0.4, 0.5) is 4.39 Å². The Morgan fingerprint density at radius 1 is 1.21 bits per heavy atom. The fourth-order valence-electron chi connectivity index (χ4n) is 2.75. The molecule has 0 saturated heterocycles. The molecule has 0 spiro atoms. The van der Waals surface area contributed by atoms with Crippen LogP contribution >= 0.6 is 11.8 Å². The summed E-state index contributed by atoms with van der Waals surface area (Å²) >= 11 is 1.21. The molecular weight excluding hydrogens is 377 g/mol. The van der Waals surface area contributed by atoms with Crippen LogP contribution in [0.2, 0.25) is 0 Å². The van der Waals surface area contributed by atoms with Crippen LogP contribution in [-0.2, 0) is 4.79 Å². The summed E-state index contributed by atoms with van der Waals surface area (Å²) in [6.07, 6.45) is 1.91. The molecule has 1 heterocycles. The molecule has 1 atom stereocenters. The fraction of sp³-hybridized carbons (Fsp3) is 0.286. The molecule has 1 amide bonds. The molecule has 28 heavy (non-hydrogen) atoms. The van der Waals surface area contributed by atoms with Gasteiger partial charge < -0.3 is 5.32 Å². The molecule has 7 heteroatoms. The Labute approximate surface area is 167 Å². The van der Waals surface area contributed by atoms with Crippen LogP contribution in [0.3, 0.4) is 0 Å². The van der Waals surface area contributed by atoms with Crippen LogP contribution < -0.4 is 10.9 Å². The van der Waals surface area contributed by atoms with Gasteiger partial charge in [0.05, 0.1) is 21.8 Å². The highest BCUT2D eigenvalue weighted by atomic mass is 32.2. The lowest BCUT2D eigenvalue weighted by Gasteiger charge is -2.16. The van der Waals surface area contributed by atoms with E-state index in [1.165, 1.54) is 40.6 Å². The number of amides is 1. The van der Waals surface area contributed by atoms with Gasteiger partial charge in [0.1, 0.15) is 5.82 Å². The summed E-state index contributed by atoms with van der Waals surface area (Å²) in [5.41, 5.74) is 0.816. The van der Waals surface area contributed by atoms with Crippen molar-refractivity contribution in [2.45, 2.75) is 37.1 Å². The molecule has 0 bridgehead atoms. The van der Waals surface area contributed by atoms with Crippen LogP contribution in [0.25, 0.3) is 16.6 Å². The van der Waals surface area contributed by atoms with Gasteiger partial charge in [-0.2, -0.15) is 0 Å². The largest absolute Gasteiger partial charge is 0.355 e. The van der Waals surface area contributed by atoms with Crippen molar-refractivity contribution in [2.75, 3.05) is 6.54 Å². The molecule has 3 rings (SSSR count). The highest BCUT2D eigenvalue weighted by molar-refractivity contribution is 8.00. The summed E-state index contributed by atoms with van der Waals surface area (Å²) in [5, 5.41) is 3.33. The summed E-state index contributed by atoms with van der Waals surface area (Å²) in [6.45, 7) is 4.46. The van der Waals surface area contributed by atoms with Gasteiger partial charge in [-0.1, -0.05) is 37.2 Å². The Morgan fingerprint density at radius 3 is 2.64 bits per heavy atom. The Balaban J connectivity index is 2.02. The number of carbonyl (C=O) groups excluding carboxylic acids is 1. The second-order valence-corrected chi connectivity index (χ2v) is 7.74. The topological polar surface area (TPSA) is 64.0 Å². The van der Waals surface area contributed by atoms with Crippen molar-refractivity contribution in [1.82, 2.24) is 14.9 Å². The molecule has 0 fully saturated rings. The zero-order chi connectivity index (χ0) is 20.1. The predicted molar refractivity (Wildman–Crippen MR) is 111 cm³/mol. The van der Waals surface area contributed by atoms with Crippen LogP contribution in [0.1, 0.15) is 26.7 Å². The van der Waals surface area contributed by atoms with Crippen molar-refractivity contribution in [1.29, 1.82) is 0 Å². The molecule has 3 aromatic rings. The van der Waals surface area contributed by atoms with E-state index in [0.29, 0.717) is 28.3 Å². The van der Waals surface area contributed by atoms with Gasteiger partial charge in [0.2, 0.25) is 5.91 Å². The van der Waals surface area contributed by atoms with E-state index >= 15 is 0 Å². The third-order valence-corrected chi connectivity index (χ3v) is 5.36. The lowest BCUT2D eigenvalue weighted by atomic mass is 10.2. The lowest BCUT2D eigenvalue weighted by molar-refractivity contribution is -0.120. The summed E-state index contributed by atoms with van der Waals surface area (Å²) in [4.78, 5) is 30.1. The number of hydrogen-bond donors (Lipinski definition) is 1. The van der Waals surface area contributed by atoms with Crippen molar-refractivity contribution >= 4 is 28.6 Å². The fourth-order valence-corrected chi connectivity index (χ4v) is 3.70. The molecule has 0 aliphatic heterocycles. The number of halogens is 1. The van der Waals surface area contributed by atoms with Crippen molar-refractivity contribution in [3.8, 4) is 5.69 Å². The number of unbranched alkanes of at least 4 members (excludes halogenated alkanes) is 1. The van der Waals surface area contributed by atoms with Crippen molar-refractivity contribution in [2.24, 2.45) is 0 Å². The second kappa shape index (κ2) is 9.01. The molecule has 2 aromatic carbocycles. The molecule has 5 nitrogen and oxygen atoms in total. The third kappa shape index (κ3) is 4.42. The molecule has 0 radical (unpaired) electrons. The lowest BCUT2D eigenvalue weighted by Crippen LogP contribution is -2.32. The minimum atomic E-state index is -0.434. The zero-order valence-corrected chi connectivity index (χ0v) is 16.6. The first-order chi connectivity index (χ1) is 13.5. The Kier molecular flexibility index (Phi) is 6.46. The van der Waals surface area contributed by atoms with Crippen LogP contribution in [0, 0.1) is 5.82 Å². The number of hydrogen-bond acceptors (Lipinski definition) is 4. The quantitative estimate of drug-likeness (QED) is 0.372. The minimum absolute atomic E-state index is 0.105. The molecule has 0 aliphatic carbocycles. The number of nitrogens with zero attached hydrogens (tertiary/aromatic N) is 2. The number of carbonyl (C=O) groups is 1. The highest BCUT2D eigenvalue weighted by Crippen LogP contribution is 2.25. The molecule has 1 unspecified atom stereocenters. The number of nitrogens with one attached hydrogen (secondary N) is 1. The van der Waals surface area contributed by atoms with E-state index < -0.39 is 5.25 Å². The number of aromatic nitrogens is 2. The van der Waals surface area contributed by atoms with Gasteiger partial charge in [-0.15, -0.1) is 0 Å². The van der Waals surface area contributed by atoms with E-state index in [1.54, 1.807) is 25.1 Å². The van der Waals surface area contributed by atoms with E-state index in [1.807, 2.05) is 6.07 Å². The maximum absolute atomic E-state index is 13.4. The molecule has 146 valence electrons. The van der Waals surface area contributed by atoms with E-state index in [-0.39, 0.29) is 17.3 Å². The smallest absolute Gasteiger partial charge is 0.266 e. The van der Waals surface area contributed by atoms with E-state index in [4.69, 9.17) is 0 Å². The van der Waals surface area contributed by atoms with Crippen molar-refractivity contribution in [3.63, 3.8) is 0 Å². The first kappa shape index (κ1) is 20.1. The number of rotatable bonds is 7. The average Bonchev–Trinajstić information content (AvgIpc) is 2.69. The van der Waals surface area contributed by atoms with E-state index in [0.717, 1.165) is 12.8 Å². The van der Waals surface area contributed by atoms with Gasteiger partial charge in [0, 0.05) is 6.54 Å². The average molecular weight is 399 g/mol. The van der Waals surface area contributed by atoms with Crippen LogP contribution in [0.5, 0.6) is 0 Å². The molecule has 1 N–H and O–H groups in total. The SMILES string of the molecule is CCCCNC(=O)C(C)Sc1nc2ccccc2c(=O)n1-c1ccc(F)cc1. The monoisotopic (exact) mass is 399 g/mol. The van der Waals surface area contributed by atoms with Crippen LogP contribution in [-0.4, -0.2) is 27.3 Å². The zero-order valence-electron chi connectivity index (χ0n) is 15.8. The number of benzene rings is 2. The second-order valence-electron chi connectivity index (χ2n) is 6.43. The normalized spacial score (nSPS) is 12.1. The summed E-state index contributed by atoms with van der Waals surface area (Å²) in [6, 6.07) is 12.7. The third-order valence-electron chi connectivity index (χ3n) is 4.31. The maximum Gasteiger partial charge on any atom is 0.266 e.